The number of nitrogens with two attached hydrogens (primary N) is 1. The minimum atomic E-state index is 0.174. The van der Waals surface area contributed by atoms with Gasteiger partial charge in [-0.15, -0.1) is 0 Å². The maximum atomic E-state index is 5.75. The van der Waals surface area contributed by atoms with Gasteiger partial charge in [-0.3, -0.25) is 0 Å². The summed E-state index contributed by atoms with van der Waals surface area (Å²) in [5, 5.41) is 0.174. The molecule has 0 bridgehead atoms. The Bertz CT molecular complexity index is 364. The summed E-state index contributed by atoms with van der Waals surface area (Å²) >= 11 is 5.70. The van der Waals surface area contributed by atoms with Crippen molar-refractivity contribution in [1.29, 1.82) is 0 Å². The zero-order valence-corrected chi connectivity index (χ0v) is 10.1. The van der Waals surface area contributed by atoms with Gasteiger partial charge in [-0.05, 0) is 43.2 Å². The molecule has 0 amide bonds. The predicted molar refractivity (Wildman–Crippen MR) is 63.5 cm³/mol. The summed E-state index contributed by atoms with van der Waals surface area (Å²) in [6.45, 7) is 2.27. The molecule has 1 saturated carbocycles. The van der Waals surface area contributed by atoms with Crippen LogP contribution in [0.1, 0.15) is 32.6 Å². The Labute approximate surface area is 100 Å². The lowest BCUT2D eigenvalue weighted by atomic mass is 9.89. The van der Waals surface area contributed by atoms with Crippen molar-refractivity contribution in [2.45, 2.75) is 38.7 Å². The van der Waals surface area contributed by atoms with Crippen LogP contribution < -0.4 is 10.5 Å². The van der Waals surface area contributed by atoms with E-state index in [1.54, 1.807) is 0 Å². The van der Waals surface area contributed by atoms with Gasteiger partial charge in [-0.1, -0.05) is 6.92 Å². The number of aromatic nitrogens is 2. The minimum Gasteiger partial charge on any atom is -0.473 e. The zero-order chi connectivity index (χ0) is 11.5. The summed E-state index contributed by atoms with van der Waals surface area (Å²) in [7, 11) is 0. The molecule has 0 spiro atoms. The van der Waals surface area contributed by atoms with Crippen LogP contribution in [0, 0.1) is 5.92 Å². The van der Waals surface area contributed by atoms with Crippen molar-refractivity contribution in [3.05, 3.63) is 11.5 Å². The first-order chi connectivity index (χ1) is 7.65. The van der Waals surface area contributed by atoms with Crippen molar-refractivity contribution in [3.8, 4) is 5.88 Å². The van der Waals surface area contributed by atoms with Crippen LogP contribution in [0.25, 0.3) is 0 Å². The van der Waals surface area contributed by atoms with Crippen molar-refractivity contribution >= 4 is 17.3 Å². The Morgan fingerprint density at radius 3 is 2.75 bits per heavy atom. The molecule has 0 unspecified atom stereocenters. The molecule has 1 aromatic heterocycles. The molecule has 88 valence electrons. The van der Waals surface area contributed by atoms with Crippen molar-refractivity contribution < 1.29 is 4.74 Å². The lowest BCUT2D eigenvalue weighted by Crippen LogP contribution is -2.24. The Hall–Kier alpha value is -1.03. The lowest BCUT2D eigenvalue weighted by Gasteiger charge is -2.26. The average Bonchev–Trinajstić information content (AvgIpc) is 2.27. The number of ether oxygens (including phenoxy) is 1. The first-order valence-electron chi connectivity index (χ1n) is 5.60. The molecule has 1 aliphatic rings. The van der Waals surface area contributed by atoms with E-state index in [-0.39, 0.29) is 11.4 Å². The molecule has 0 aliphatic heterocycles. The van der Waals surface area contributed by atoms with Gasteiger partial charge in [0, 0.05) is 0 Å². The number of nitrogen functional groups attached to an aromatic ring is 1. The third-order valence-electron chi connectivity index (χ3n) is 2.99. The summed E-state index contributed by atoms with van der Waals surface area (Å²) in [6.07, 6.45) is 6.21. The standard InChI is InChI=1S/C11H16ClN3O/c1-7-2-4-8(5-3-7)16-10-9(13)6-14-11(12)15-10/h6-8H,2-5,13H2,1H3. The van der Waals surface area contributed by atoms with E-state index in [2.05, 4.69) is 16.9 Å². The fourth-order valence-electron chi connectivity index (χ4n) is 1.95. The van der Waals surface area contributed by atoms with Crippen LogP contribution in [0.3, 0.4) is 0 Å². The second kappa shape index (κ2) is 4.87. The van der Waals surface area contributed by atoms with E-state index in [9.17, 15) is 0 Å². The van der Waals surface area contributed by atoms with Gasteiger partial charge in [0.1, 0.15) is 11.8 Å². The van der Waals surface area contributed by atoms with Crippen LogP contribution in [-0.2, 0) is 0 Å². The van der Waals surface area contributed by atoms with E-state index in [0.717, 1.165) is 18.8 Å². The highest BCUT2D eigenvalue weighted by Gasteiger charge is 2.20. The zero-order valence-electron chi connectivity index (χ0n) is 9.32. The molecule has 1 aromatic rings. The van der Waals surface area contributed by atoms with Gasteiger partial charge in [-0.2, -0.15) is 4.98 Å². The van der Waals surface area contributed by atoms with Crippen molar-refractivity contribution in [2.24, 2.45) is 5.92 Å². The summed E-state index contributed by atoms with van der Waals surface area (Å²) in [5.74, 6) is 1.21. The molecule has 2 rings (SSSR count). The molecule has 1 heterocycles. The van der Waals surface area contributed by atoms with Crippen LogP contribution in [0.4, 0.5) is 5.69 Å². The maximum Gasteiger partial charge on any atom is 0.241 e. The van der Waals surface area contributed by atoms with E-state index < -0.39 is 0 Å². The Morgan fingerprint density at radius 1 is 1.38 bits per heavy atom. The number of hydrogen-bond acceptors (Lipinski definition) is 4. The fourth-order valence-corrected chi connectivity index (χ4v) is 2.08. The van der Waals surface area contributed by atoms with Gasteiger partial charge >= 0.3 is 0 Å². The number of nitrogens with zero attached hydrogens (tertiary/aromatic N) is 2. The number of hydrogen-bond donors (Lipinski definition) is 1. The molecule has 4 nitrogen and oxygen atoms in total. The second-order valence-electron chi connectivity index (χ2n) is 4.40. The van der Waals surface area contributed by atoms with E-state index in [0.29, 0.717) is 11.6 Å². The molecule has 0 saturated heterocycles. The van der Waals surface area contributed by atoms with Gasteiger partial charge in [0.15, 0.2) is 0 Å². The fraction of sp³-hybridized carbons (Fsp3) is 0.636. The molecule has 5 heteroatoms. The highest BCUT2D eigenvalue weighted by Crippen LogP contribution is 2.28. The first-order valence-corrected chi connectivity index (χ1v) is 5.97. The van der Waals surface area contributed by atoms with Crippen molar-refractivity contribution in [3.63, 3.8) is 0 Å². The van der Waals surface area contributed by atoms with E-state index in [1.165, 1.54) is 19.0 Å². The second-order valence-corrected chi connectivity index (χ2v) is 4.74. The summed E-state index contributed by atoms with van der Waals surface area (Å²) in [4.78, 5) is 7.79. The Balaban J connectivity index is 2.00. The van der Waals surface area contributed by atoms with Crippen molar-refractivity contribution in [2.75, 3.05) is 5.73 Å². The van der Waals surface area contributed by atoms with Crippen LogP contribution in [-0.4, -0.2) is 16.1 Å². The normalized spacial score (nSPS) is 25.4. The molecular weight excluding hydrogens is 226 g/mol. The first kappa shape index (κ1) is 11.5. The van der Waals surface area contributed by atoms with Crippen LogP contribution in [0.15, 0.2) is 6.20 Å². The van der Waals surface area contributed by atoms with E-state index in [1.807, 2.05) is 0 Å². The number of anilines is 1. The molecule has 0 aromatic carbocycles. The smallest absolute Gasteiger partial charge is 0.241 e. The molecule has 16 heavy (non-hydrogen) atoms. The van der Waals surface area contributed by atoms with E-state index >= 15 is 0 Å². The Morgan fingerprint density at radius 2 is 2.06 bits per heavy atom. The maximum absolute atomic E-state index is 5.75. The predicted octanol–water partition coefficient (Wildman–Crippen LogP) is 2.67. The van der Waals surface area contributed by atoms with E-state index in [4.69, 9.17) is 22.1 Å². The van der Waals surface area contributed by atoms with Crippen LogP contribution >= 0.6 is 11.6 Å². The SMILES string of the molecule is CC1CCC(Oc2nc(Cl)ncc2N)CC1. The van der Waals surface area contributed by atoms with Gasteiger partial charge in [-0.25, -0.2) is 4.98 Å². The molecule has 2 N–H and O–H groups in total. The highest BCUT2D eigenvalue weighted by molar-refractivity contribution is 6.28. The lowest BCUT2D eigenvalue weighted by molar-refractivity contribution is 0.131. The minimum absolute atomic E-state index is 0.174. The quantitative estimate of drug-likeness (QED) is 0.809. The van der Waals surface area contributed by atoms with Crippen LogP contribution in [0.5, 0.6) is 5.88 Å². The van der Waals surface area contributed by atoms with Gasteiger partial charge in [0.05, 0.1) is 6.20 Å². The summed E-state index contributed by atoms with van der Waals surface area (Å²) in [5.41, 5.74) is 6.17. The molecule has 0 radical (unpaired) electrons. The molecule has 1 fully saturated rings. The summed E-state index contributed by atoms with van der Waals surface area (Å²) < 4.78 is 5.75. The summed E-state index contributed by atoms with van der Waals surface area (Å²) in [6, 6.07) is 0. The molecular formula is C11H16ClN3O. The monoisotopic (exact) mass is 241 g/mol. The number of rotatable bonds is 2. The molecule has 1 aliphatic carbocycles. The van der Waals surface area contributed by atoms with Gasteiger partial charge < -0.3 is 10.5 Å². The average molecular weight is 242 g/mol. The largest absolute Gasteiger partial charge is 0.473 e. The Kier molecular flexibility index (Phi) is 3.49. The van der Waals surface area contributed by atoms with Gasteiger partial charge in [0.2, 0.25) is 11.2 Å². The third kappa shape index (κ3) is 2.76. The number of halogens is 1. The van der Waals surface area contributed by atoms with Gasteiger partial charge in [0.25, 0.3) is 0 Å². The highest BCUT2D eigenvalue weighted by atomic mass is 35.5. The third-order valence-corrected chi connectivity index (χ3v) is 3.17. The topological polar surface area (TPSA) is 61.0 Å². The van der Waals surface area contributed by atoms with Crippen molar-refractivity contribution in [1.82, 2.24) is 9.97 Å². The van der Waals surface area contributed by atoms with Crippen LogP contribution in [0.2, 0.25) is 5.28 Å². The molecule has 0 atom stereocenters.